The SMILES string of the molecule is CNc1ccc(C(=O)OCC2CCCCC2)cc1. The highest BCUT2D eigenvalue weighted by molar-refractivity contribution is 5.89. The smallest absolute Gasteiger partial charge is 0.338 e. The summed E-state index contributed by atoms with van der Waals surface area (Å²) in [5, 5.41) is 3.02. The van der Waals surface area contributed by atoms with E-state index in [1.165, 1.54) is 32.1 Å². The fourth-order valence-corrected chi connectivity index (χ4v) is 2.40. The fourth-order valence-electron chi connectivity index (χ4n) is 2.40. The third-order valence-corrected chi connectivity index (χ3v) is 3.58. The molecule has 0 bridgehead atoms. The van der Waals surface area contributed by atoms with Crippen LogP contribution in [-0.2, 0) is 4.74 Å². The van der Waals surface area contributed by atoms with E-state index >= 15 is 0 Å². The van der Waals surface area contributed by atoms with Gasteiger partial charge in [-0.05, 0) is 43.0 Å². The Kier molecular flexibility index (Phi) is 4.62. The van der Waals surface area contributed by atoms with Gasteiger partial charge in [0.25, 0.3) is 0 Å². The lowest BCUT2D eigenvalue weighted by Gasteiger charge is -2.21. The number of rotatable bonds is 4. The molecule has 1 aromatic carbocycles. The van der Waals surface area contributed by atoms with Crippen LogP contribution in [0.15, 0.2) is 24.3 Å². The maximum atomic E-state index is 11.8. The van der Waals surface area contributed by atoms with Gasteiger partial charge in [-0.25, -0.2) is 4.79 Å². The maximum Gasteiger partial charge on any atom is 0.338 e. The molecule has 3 heteroatoms. The van der Waals surface area contributed by atoms with Gasteiger partial charge >= 0.3 is 5.97 Å². The molecule has 0 spiro atoms. The highest BCUT2D eigenvalue weighted by Gasteiger charge is 2.16. The summed E-state index contributed by atoms with van der Waals surface area (Å²) in [6.07, 6.45) is 6.28. The van der Waals surface area contributed by atoms with Crippen LogP contribution in [0.4, 0.5) is 5.69 Å². The van der Waals surface area contributed by atoms with Crippen molar-refractivity contribution in [2.45, 2.75) is 32.1 Å². The molecule has 0 saturated heterocycles. The Hall–Kier alpha value is -1.51. The maximum absolute atomic E-state index is 11.8. The predicted molar refractivity (Wildman–Crippen MR) is 72.8 cm³/mol. The first-order chi connectivity index (χ1) is 8.79. The van der Waals surface area contributed by atoms with Gasteiger partial charge in [0.15, 0.2) is 0 Å². The predicted octanol–water partition coefficient (Wildman–Crippen LogP) is 3.47. The first-order valence-electron chi connectivity index (χ1n) is 6.74. The van der Waals surface area contributed by atoms with E-state index in [9.17, 15) is 4.79 Å². The van der Waals surface area contributed by atoms with E-state index in [1.54, 1.807) is 12.1 Å². The molecule has 1 saturated carbocycles. The summed E-state index contributed by atoms with van der Waals surface area (Å²) in [7, 11) is 1.86. The number of nitrogens with one attached hydrogen (secondary N) is 1. The molecule has 3 nitrogen and oxygen atoms in total. The summed E-state index contributed by atoms with van der Waals surface area (Å²) in [5.74, 6) is 0.363. The van der Waals surface area contributed by atoms with Gasteiger partial charge in [0, 0.05) is 12.7 Å². The summed E-state index contributed by atoms with van der Waals surface area (Å²) in [5.41, 5.74) is 1.63. The summed E-state index contributed by atoms with van der Waals surface area (Å²) >= 11 is 0. The van der Waals surface area contributed by atoms with Crippen LogP contribution in [0.2, 0.25) is 0 Å². The van der Waals surface area contributed by atoms with Crippen molar-refractivity contribution in [2.75, 3.05) is 19.0 Å². The summed E-state index contributed by atoms with van der Waals surface area (Å²) < 4.78 is 5.38. The molecule has 18 heavy (non-hydrogen) atoms. The highest BCUT2D eigenvalue weighted by atomic mass is 16.5. The normalized spacial score (nSPS) is 16.3. The summed E-state index contributed by atoms with van der Waals surface area (Å²) in [4.78, 5) is 11.8. The zero-order valence-corrected chi connectivity index (χ0v) is 10.9. The molecule has 0 unspecified atom stereocenters. The van der Waals surface area contributed by atoms with Crippen molar-refractivity contribution < 1.29 is 9.53 Å². The number of anilines is 1. The van der Waals surface area contributed by atoms with Crippen LogP contribution in [0.25, 0.3) is 0 Å². The minimum Gasteiger partial charge on any atom is -0.462 e. The number of hydrogen-bond donors (Lipinski definition) is 1. The molecule has 1 aromatic rings. The lowest BCUT2D eigenvalue weighted by atomic mass is 9.90. The van der Waals surface area contributed by atoms with Crippen LogP contribution >= 0.6 is 0 Å². The third kappa shape index (κ3) is 3.49. The van der Waals surface area contributed by atoms with Gasteiger partial charge < -0.3 is 10.1 Å². The van der Waals surface area contributed by atoms with Gasteiger partial charge in [-0.15, -0.1) is 0 Å². The molecule has 1 N–H and O–H groups in total. The molecule has 1 fully saturated rings. The number of carbonyl (C=O) groups excluding carboxylic acids is 1. The van der Waals surface area contributed by atoms with E-state index in [2.05, 4.69) is 5.32 Å². The summed E-state index contributed by atoms with van der Waals surface area (Å²) in [6.45, 7) is 0.576. The van der Waals surface area contributed by atoms with E-state index in [4.69, 9.17) is 4.74 Å². The molecule has 98 valence electrons. The second-order valence-electron chi connectivity index (χ2n) is 4.93. The first-order valence-corrected chi connectivity index (χ1v) is 6.74. The van der Waals surface area contributed by atoms with Crippen LogP contribution in [0.1, 0.15) is 42.5 Å². The van der Waals surface area contributed by atoms with Gasteiger partial charge in [0.05, 0.1) is 12.2 Å². The Morgan fingerprint density at radius 3 is 2.50 bits per heavy atom. The van der Waals surface area contributed by atoms with Crippen LogP contribution in [0, 0.1) is 5.92 Å². The van der Waals surface area contributed by atoms with E-state index < -0.39 is 0 Å². The summed E-state index contributed by atoms with van der Waals surface area (Å²) in [6, 6.07) is 7.37. The zero-order valence-electron chi connectivity index (χ0n) is 10.9. The van der Waals surface area contributed by atoms with E-state index in [0.717, 1.165) is 5.69 Å². The van der Waals surface area contributed by atoms with Gasteiger partial charge in [-0.1, -0.05) is 19.3 Å². The van der Waals surface area contributed by atoms with Crippen molar-refractivity contribution in [1.82, 2.24) is 0 Å². The molecule has 0 heterocycles. The topological polar surface area (TPSA) is 38.3 Å². The molecule has 0 atom stereocenters. The second kappa shape index (κ2) is 6.43. The van der Waals surface area contributed by atoms with Gasteiger partial charge in [-0.2, -0.15) is 0 Å². The van der Waals surface area contributed by atoms with Gasteiger partial charge in [-0.3, -0.25) is 0 Å². The van der Waals surface area contributed by atoms with Crippen molar-refractivity contribution in [1.29, 1.82) is 0 Å². The minimum absolute atomic E-state index is 0.205. The third-order valence-electron chi connectivity index (χ3n) is 3.58. The first kappa shape index (κ1) is 12.9. The lowest BCUT2D eigenvalue weighted by Crippen LogP contribution is -2.16. The largest absolute Gasteiger partial charge is 0.462 e. The molecular formula is C15H21NO2. The van der Waals surface area contributed by atoms with Gasteiger partial charge in [0.1, 0.15) is 0 Å². The zero-order chi connectivity index (χ0) is 12.8. The van der Waals surface area contributed by atoms with Crippen LogP contribution in [-0.4, -0.2) is 19.6 Å². The highest BCUT2D eigenvalue weighted by Crippen LogP contribution is 2.24. The number of ether oxygens (including phenoxy) is 1. The molecule has 0 aliphatic heterocycles. The average molecular weight is 247 g/mol. The quantitative estimate of drug-likeness (QED) is 0.828. The number of hydrogen-bond acceptors (Lipinski definition) is 3. The van der Waals surface area contributed by atoms with Crippen molar-refractivity contribution in [3.05, 3.63) is 29.8 Å². The van der Waals surface area contributed by atoms with Crippen LogP contribution < -0.4 is 5.32 Å². The minimum atomic E-state index is -0.205. The van der Waals surface area contributed by atoms with Crippen molar-refractivity contribution >= 4 is 11.7 Å². The van der Waals surface area contributed by atoms with E-state index in [-0.39, 0.29) is 5.97 Å². The Balaban J connectivity index is 1.82. The monoisotopic (exact) mass is 247 g/mol. The molecule has 0 amide bonds. The lowest BCUT2D eigenvalue weighted by molar-refractivity contribution is 0.0410. The van der Waals surface area contributed by atoms with Gasteiger partial charge in [0.2, 0.25) is 0 Å². The van der Waals surface area contributed by atoms with E-state index in [0.29, 0.717) is 18.1 Å². The fraction of sp³-hybridized carbons (Fsp3) is 0.533. The standard InChI is InChI=1S/C15H21NO2/c1-16-14-9-7-13(8-10-14)15(17)18-11-12-5-3-2-4-6-12/h7-10,12,16H,2-6,11H2,1H3. The average Bonchev–Trinajstić information content (AvgIpc) is 2.46. The Morgan fingerprint density at radius 2 is 1.89 bits per heavy atom. The Labute approximate surface area is 109 Å². The molecule has 0 radical (unpaired) electrons. The van der Waals surface area contributed by atoms with Crippen molar-refractivity contribution in [2.24, 2.45) is 5.92 Å². The van der Waals surface area contributed by atoms with Crippen LogP contribution in [0.5, 0.6) is 0 Å². The Morgan fingerprint density at radius 1 is 1.22 bits per heavy atom. The van der Waals surface area contributed by atoms with E-state index in [1.807, 2.05) is 19.2 Å². The molecule has 1 aliphatic carbocycles. The Bertz CT molecular complexity index is 380. The van der Waals surface area contributed by atoms with Crippen LogP contribution in [0.3, 0.4) is 0 Å². The van der Waals surface area contributed by atoms with Crippen molar-refractivity contribution in [3.8, 4) is 0 Å². The molecule has 0 aromatic heterocycles. The molecule has 1 aliphatic rings. The number of carbonyl (C=O) groups is 1. The number of esters is 1. The molecular weight excluding hydrogens is 226 g/mol. The molecule has 2 rings (SSSR count). The number of benzene rings is 1. The van der Waals surface area contributed by atoms with Crippen molar-refractivity contribution in [3.63, 3.8) is 0 Å². The second-order valence-corrected chi connectivity index (χ2v) is 4.93.